The van der Waals surface area contributed by atoms with E-state index in [1.54, 1.807) is 18.0 Å². The van der Waals surface area contributed by atoms with Crippen molar-refractivity contribution in [2.75, 3.05) is 7.05 Å². The lowest BCUT2D eigenvalue weighted by Crippen LogP contribution is -2.30. The monoisotopic (exact) mass is 282 g/mol. The van der Waals surface area contributed by atoms with Gasteiger partial charge in [-0.05, 0) is 19.1 Å². The number of hydrogen-bond donors (Lipinski definition) is 0. The van der Waals surface area contributed by atoms with E-state index in [0.717, 1.165) is 5.52 Å². The van der Waals surface area contributed by atoms with Crippen molar-refractivity contribution >= 4 is 16.9 Å². The first-order valence-electron chi connectivity index (χ1n) is 6.56. The van der Waals surface area contributed by atoms with Crippen LogP contribution in [0.4, 0.5) is 0 Å². The molecule has 21 heavy (non-hydrogen) atoms. The van der Waals surface area contributed by atoms with Gasteiger partial charge in [-0.25, -0.2) is 4.98 Å². The Balaban J connectivity index is 1.89. The molecule has 0 bridgehead atoms. The van der Waals surface area contributed by atoms with Crippen molar-refractivity contribution in [2.24, 2.45) is 0 Å². The van der Waals surface area contributed by atoms with E-state index in [9.17, 15) is 4.79 Å². The van der Waals surface area contributed by atoms with E-state index in [-0.39, 0.29) is 11.9 Å². The zero-order valence-corrected chi connectivity index (χ0v) is 11.7. The third kappa shape index (κ3) is 2.47. The summed E-state index contributed by atoms with van der Waals surface area (Å²) >= 11 is 0. The van der Waals surface area contributed by atoms with Gasteiger partial charge in [0.2, 0.25) is 0 Å². The highest BCUT2D eigenvalue weighted by Crippen LogP contribution is 2.19. The number of carbonyl (C=O) groups is 1. The molecule has 1 atom stereocenters. The number of nitrogens with zero attached hydrogens (tertiary/aromatic N) is 4. The SMILES string of the molecule is C[C@@H](c1ccon1)N(C)C(=O)c1cnc2ccccc2n1. The second-order valence-electron chi connectivity index (χ2n) is 4.76. The van der Waals surface area contributed by atoms with Gasteiger partial charge in [-0.15, -0.1) is 0 Å². The lowest BCUT2D eigenvalue weighted by molar-refractivity contribution is 0.0731. The molecule has 6 nitrogen and oxygen atoms in total. The second kappa shape index (κ2) is 5.32. The molecule has 0 aliphatic carbocycles. The lowest BCUT2D eigenvalue weighted by Gasteiger charge is -2.22. The van der Waals surface area contributed by atoms with Crippen molar-refractivity contribution < 1.29 is 9.32 Å². The van der Waals surface area contributed by atoms with Crippen molar-refractivity contribution in [2.45, 2.75) is 13.0 Å². The van der Waals surface area contributed by atoms with Crippen molar-refractivity contribution in [1.82, 2.24) is 20.0 Å². The Hall–Kier alpha value is -2.76. The van der Waals surface area contributed by atoms with Crippen LogP contribution in [-0.2, 0) is 0 Å². The largest absolute Gasteiger partial charge is 0.364 e. The molecule has 0 saturated heterocycles. The maximum atomic E-state index is 12.5. The van der Waals surface area contributed by atoms with Crippen molar-refractivity contribution in [3.05, 3.63) is 54.2 Å². The number of carbonyl (C=O) groups excluding carboxylic acids is 1. The zero-order chi connectivity index (χ0) is 14.8. The maximum absolute atomic E-state index is 12.5. The molecule has 6 heteroatoms. The first-order valence-corrected chi connectivity index (χ1v) is 6.56. The quantitative estimate of drug-likeness (QED) is 0.737. The number of amides is 1. The highest BCUT2D eigenvalue weighted by Gasteiger charge is 2.22. The van der Waals surface area contributed by atoms with Gasteiger partial charge in [0.15, 0.2) is 0 Å². The smallest absolute Gasteiger partial charge is 0.274 e. The summed E-state index contributed by atoms with van der Waals surface area (Å²) in [4.78, 5) is 22.7. The fourth-order valence-corrected chi connectivity index (χ4v) is 2.05. The van der Waals surface area contributed by atoms with E-state index in [0.29, 0.717) is 16.9 Å². The van der Waals surface area contributed by atoms with E-state index in [1.165, 1.54) is 12.5 Å². The fourth-order valence-electron chi connectivity index (χ4n) is 2.05. The van der Waals surface area contributed by atoms with Gasteiger partial charge in [0.05, 0.1) is 23.3 Å². The molecule has 106 valence electrons. The molecule has 1 aromatic carbocycles. The van der Waals surface area contributed by atoms with Crippen LogP contribution in [0.25, 0.3) is 11.0 Å². The van der Waals surface area contributed by atoms with Gasteiger partial charge < -0.3 is 9.42 Å². The summed E-state index contributed by atoms with van der Waals surface area (Å²) < 4.78 is 4.81. The molecule has 0 aliphatic heterocycles. The molecule has 3 aromatic rings. The molecule has 0 spiro atoms. The molecule has 0 unspecified atom stereocenters. The van der Waals surface area contributed by atoms with E-state index in [4.69, 9.17) is 4.52 Å². The number of para-hydroxylation sites is 2. The summed E-state index contributed by atoms with van der Waals surface area (Å²) in [7, 11) is 1.71. The van der Waals surface area contributed by atoms with Crippen LogP contribution in [0.15, 0.2) is 47.3 Å². The van der Waals surface area contributed by atoms with Crippen LogP contribution < -0.4 is 0 Å². The molecule has 3 rings (SSSR count). The number of hydrogen-bond acceptors (Lipinski definition) is 5. The summed E-state index contributed by atoms with van der Waals surface area (Å²) in [5, 5.41) is 3.86. The van der Waals surface area contributed by atoms with Gasteiger partial charge >= 0.3 is 0 Å². The van der Waals surface area contributed by atoms with Crippen LogP contribution in [0.1, 0.15) is 29.1 Å². The van der Waals surface area contributed by atoms with E-state index < -0.39 is 0 Å². The number of fused-ring (bicyclic) bond motifs is 1. The van der Waals surface area contributed by atoms with Gasteiger partial charge in [-0.1, -0.05) is 17.3 Å². The minimum atomic E-state index is -0.205. The average molecular weight is 282 g/mol. The van der Waals surface area contributed by atoms with Crippen LogP contribution in [0.2, 0.25) is 0 Å². The molecule has 0 N–H and O–H groups in total. The molecule has 1 amide bonds. The summed E-state index contributed by atoms with van der Waals surface area (Å²) in [6.07, 6.45) is 2.98. The Kier molecular flexibility index (Phi) is 3.35. The molecule has 0 fully saturated rings. The number of aromatic nitrogens is 3. The molecular formula is C15H14N4O2. The molecule has 0 aliphatic rings. The Morgan fingerprint density at radius 1 is 1.24 bits per heavy atom. The summed E-state index contributed by atoms with van der Waals surface area (Å²) in [5.41, 5.74) is 2.47. The highest BCUT2D eigenvalue weighted by atomic mass is 16.5. The van der Waals surface area contributed by atoms with Crippen LogP contribution >= 0.6 is 0 Å². The van der Waals surface area contributed by atoms with E-state index in [2.05, 4.69) is 15.1 Å². The minimum Gasteiger partial charge on any atom is -0.364 e. The van der Waals surface area contributed by atoms with Gasteiger partial charge in [-0.2, -0.15) is 0 Å². The van der Waals surface area contributed by atoms with Crippen LogP contribution in [0.5, 0.6) is 0 Å². The normalized spacial score (nSPS) is 12.3. The van der Waals surface area contributed by atoms with Gasteiger partial charge in [0, 0.05) is 13.1 Å². The van der Waals surface area contributed by atoms with E-state index in [1.807, 2.05) is 31.2 Å². The van der Waals surface area contributed by atoms with Crippen LogP contribution in [0, 0.1) is 0 Å². The zero-order valence-electron chi connectivity index (χ0n) is 11.7. The molecule has 0 radical (unpaired) electrons. The Morgan fingerprint density at radius 3 is 2.71 bits per heavy atom. The van der Waals surface area contributed by atoms with Crippen LogP contribution in [-0.4, -0.2) is 33.0 Å². The maximum Gasteiger partial charge on any atom is 0.274 e. The fraction of sp³-hybridized carbons (Fsp3) is 0.200. The first-order chi connectivity index (χ1) is 10.2. The summed E-state index contributed by atoms with van der Waals surface area (Å²) in [6.45, 7) is 1.88. The van der Waals surface area contributed by atoms with Gasteiger partial charge in [-0.3, -0.25) is 9.78 Å². The Bertz CT molecular complexity index is 770. The Morgan fingerprint density at radius 2 is 2.00 bits per heavy atom. The van der Waals surface area contributed by atoms with E-state index >= 15 is 0 Å². The van der Waals surface area contributed by atoms with Gasteiger partial charge in [0.1, 0.15) is 17.7 Å². The third-order valence-electron chi connectivity index (χ3n) is 3.45. The van der Waals surface area contributed by atoms with Crippen molar-refractivity contribution in [3.63, 3.8) is 0 Å². The second-order valence-corrected chi connectivity index (χ2v) is 4.76. The predicted molar refractivity (Wildman–Crippen MR) is 76.5 cm³/mol. The highest BCUT2D eigenvalue weighted by molar-refractivity contribution is 5.93. The standard InChI is InChI=1S/C15H14N4O2/c1-10(11-7-8-21-18-11)19(2)15(20)14-9-16-12-5-3-4-6-13(12)17-14/h3-10H,1-2H3/t10-/m0/s1. The minimum absolute atomic E-state index is 0.204. The molecular weight excluding hydrogens is 268 g/mol. The van der Waals surface area contributed by atoms with Crippen molar-refractivity contribution in [3.8, 4) is 0 Å². The molecule has 0 saturated carbocycles. The van der Waals surface area contributed by atoms with Crippen molar-refractivity contribution in [1.29, 1.82) is 0 Å². The number of rotatable bonds is 3. The Labute approximate surface area is 121 Å². The predicted octanol–water partition coefficient (Wildman–Crippen LogP) is 2.45. The average Bonchev–Trinajstić information content (AvgIpc) is 3.06. The molecule has 2 heterocycles. The van der Waals surface area contributed by atoms with Gasteiger partial charge in [0.25, 0.3) is 5.91 Å². The first kappa shape index (κ1) is 13.2. The third-order valence-corrected chi connectivity index (χ3v) is 3.45. The molecule has 2 aromatic heterocycles. The summed E-state index contributed by atoms with van der Waals surface area (Å²) in [5.74, 6) is -0.205. The number of benzene rings is 1. The lowest BCUT2D eigenvalue weighted by atomic mass is 10.2. The topological polar surface area (TPSA) is 72.1 Å². The summed E-state index contributed by atoms with van der Waals surface area (Å²) in [6, 6.07) is 8.98. The van der Waals surface area contributed by atoms with Crippen LogP contribution in [0.3, 0.4) is 0 Å².